The van der Waals surface area contributed by atoms with Crippen molar-refractivity contribution in [3.63, 3.8) is 0 Å². The third-order valence-electron chi connectivity index (χ3n) is 3.19. The molecule has 4 nitrogen and oxygen atoms in total. The lowest BCUT2D eigenvalue weighted by Gasteiger charge is -2.20. The van der Waals surface area contributed by atoms with Crippen LogP contribution in [0.25, 0.3) is 0 Å². The number of amides is 1. The molecule has 0 radical (unpaired) electrons. The van der Waals surface area contributed by atoms with Crippen molar-refractivity contribution in [2.45, 2.75) is 26.3 Å². The van der Waals surface area contributed by atoms with Crippen molar-refractivity contribution >= 4 is 17.5 Å². The summed E-state index contributed by atoms with van der Waals surface area (Å²) in [7, 11) is 0. The number of aromatic amines is 1. The van der Waals surface area contributed by atoms with Crippen molar-refractivity contribution in [2.75, 3.05) is 0 Å². The van der Waals surface area contributed by atoms with Gasteiger partial charge in [0.05, 0.1) is 18.2 Å². The Bertz CT molecular complexity index is 549. The van der Waals surface area contributed by atoms with Gasteiger partial charge in [0.25, 0.3) is 0 Å². The van der Waals surface area contributed by atoms with Crippen molar-refractivity contribution in [3.8, 4) is 0 Å². The van der Waals surface area contributed by atoms with Crippen LogP contribution in [-0.4, -0.2) is 16.1 Å². The molecule has 1 aromatic carbocycles. The Balaban J connectivity index is 2.08. The molecule has 1 heterocycles. The number of aromatic nitrogens is 2. The van der Waals surface area contributed by atoms with E-state index in [9.17, 15) is 4.79 Å². The van der Waals surface area contributed by atoms with Gasteiger partial charge in [-0.15, -0.1) is 0 Å². The maximum Gasteiger partial charge on any atom is 0.228 e. The fraction of sp³-hybridized carbons (Fsp3) is 0.333. The van der Waals surface area contributed by atoms with Gasteiger partial charge in [-0.05, 0) is 29.7 Å². The van der Waals surface area contributed by atoms with Crippen molar-refractivity contribution < 1.29 is 4.79 Å². The predicted octanol–water partition coefficient (Wildman–Crippen LogP) is 3.12. The van der Waals surface area contributed by atoms with Gasteiger partial charge in [0.15, 0.2) is 0 Å². The highest BCUT2D eigenvalue weighted by molar-refractivity contribution is 6.30. The average Bonchev–Trinajstić information content (AvgIpc) is 2.92. The quantitative estimate of drug-likeness (QED) is 0.889. The Kier molecular flexibility index (Phi) is 4.79. The van der Waals surface area contributed by atoms with Crippen LogP contribution in [0, 0.1) is 5.92 Å². The van der Waals surface area contributed by atoms with Gasteiger partial charge in [-0.2, -0.15) is 5.10 Å². The number of halogens is 1. The van der Waals surface area contributed by atoms with Gasteiger partial charge >= 0.3 is 0 Å². The first-order valence-electron chi connectivity index (χ1n) is 6.59. The first kappa shape index (κ1) is 14.6. The first-order valence-corrected chi connectivity index (χ1v) is 6.97. The van der Waals surface area contributed by atoms with Gasteiger partial charge in [-0.1, -0.05) is 37.6 Å². The van der Waals surface area contributed by atoms with Gasteiger partial charge in [-0.25, -0.2) is 0 Å². The van der Waals surface area contributed by atoms with E-state index in [1.165, 1.54) is 0 Å². The number of hydrogen-bond acceptors (Lipinski definition) is 2. The molecule has 5 heteroatoms. The van der Waals surface area contributed by atoms with E-state index in [0.29, 0.717) is 11.6 Å². The molecule has 0 aliphatic rings. The molecule has 1 atom stereocenters. The lowest BCUT2D eigenvalue weighted by Crippen LogP contribution is -2.31. The molecule has 20 heavy (non-hydrogen) atoms. The second-order valence-corrected chi connectivity index (χ2v) is 5.51. The number of carbonyl (C=O) groups is 1. The molecule has 2 rings (SSSR count). The maximum atomic E-state index is 12.4. The van der Waals surface area contributed by atoms with E-state index in [2.05, 4.69) is 15.5 Å². The molecular weight excluding hydrogens is 274 g/mol. The molecule has 106 valence electrons. The van der Waals surface area contributed by atoms with Gasteiger partial charge < -0.3 is 5.32 Å². The number of rotatable bonds is 5. The first-order chi connectivity index (χ1) is 9.58. The van der Waals surface area contributed by atoms with Crippen molar-refractivity contribution in [3.05, 3.63) is 52.8 Å². The van der Waals surface area contributed by atoms with Crippen LogP contribution in [0.3, 0.4) is 0 Å². The fourth-order valence-electron chi connectivity index (χ4n) is 2.18. The molecule has 1 aromatic heterocycles. The molecule has 1 unspecified atom stereocenters. The summed E-state index contributed by atoms with van der Waals surface area (Å²) in [4.78, 5) is 12.4. The summed E-state index contributed by atoms with van der Waals surface area (Å²) < 4.78 is 0. The lowest BCUT2D eigenvalue weighted by molar-refractivity contribution is -0.123. The van der Waals surface area contributed by atoms with Crippen LogP contribution in [0.1, 0.15) is 31.0 Å². The summed E-state index contributed by atoms with van der Waals surface area (Å²) >= 11 is 5.89. The largest absolute Gasteiger partial charge is 0.350 e. The van der Waals surface area contributed by atoms with Crippen molar-refractivity contribution in [1.82, 2.24) is 15.5 Å². The molecule has 2 N–H and O–H groups in total. The Morgan fingerprint density at radius 3 is 2.55 bits per heavy atom. The number of carbonyl (C=O) groups excluding carboxylic acids is 1. The Labute approximate surface area is 123 Å². The topological polar surface area (TPSA) is 57.8 Å². The van der Waals surface area contributed by atoms with Crippen LogP contribution in [0.2, 0.25) is 5.02 Å². The Morgan fingerprint density at radius 1 is 1.30 bits per heavy atom. The smallest absolute Gasteiger partial charge is 0.228 e. The molecule has 0 bridgehead atoms. The zero-order chi connectivity index (χ0) is 14.5. The number of H-pyrrole nitrogens is 1. The van der Waals surface area contributed by atoms with Gasteiger partial charge in [0.2, 0.25) is 5.91 Å². The van der Waals surface area contributed by atoms with Crippen LogP contribution in [0.4, 0.5) is 0 Å². The van der Waals surface area contributed by atoms with E-state index in [4.69, 9.17) is 11.6 Å². The summed E-state index contributed by atoms with van der Waals surface area (Å²) in [5, 5.41) is 10.3. The van der Waals surface area contributed by atoms with Crippen molar-refractivity contribution in [1.29, 1.82) is 0 Å². The van der Waals surface area contributed by atoms with E-state index in [0.717, 1.165) is 11.3 Å². The van der Waals surface area contributed by atoms with Gasteiger partial charge in [0, 0.05) is 11.2 Å². The lowest BCUT2D eigenvalue weighted by atomic mass is 9.87. The summed E-state index contributed by atoms with van der Waals surface area (Å²) in [6.45, 7) is 4.53. The summed E-state index contributed by atoms with van der Waals surface area (Å²) in [6.07, 6.45) is 1.67. The second kappa shape index (κ2) is 6.57. The third-order valence-corrected chi connectivity index (χ3v) is 3.44. The van der Waals surface area contributed by atoms with Crippen LogP contribution < -0.4 is 5.32 Å². The zero-order valence-corrected chi connectivity index (χ0v) is 12.3. The van der Waals surface area contributed by atoms with E-state index >= 15 is 0 Å². The molecule has 0 aliphatic heterocycles. The average molecular weight is 292 g/mol. The Morgan fingerprint density at radius 2 is 2.00 bits per heavy atom. The van der Waals surface area contributed by atoms with Crippen LogP contribution in [0.5, 0.6) is 0 Å². The van der Waals surface area contributed by atoms with Crippen molar-refractivity contribution in [2.24, 2.45) is 5.92 Å². The minimum absolute atomic E-state index is 0.0110. The highest BCUT2D eigenvalue weighted by Crippen LogP contribution is 2.26. The monoisotopic (exact) mass is 291 g/mol. The summed E-state index contributed by atoms with van der Waals surface area (Å²) in [5.74, 6) is 0.0325. The van der Waals surface area contributed by atoms with E-state index < -0.39 is 0 Å². The number of benzene rings is 1. The van der Waals surface area contributed by atoms with Gasteiger partial charge in [0.1, 0.15) is 0 Å². The highest BCUT2D eigenvalue weighted by Gasteiger charge is 2.23. The summed E-state index contributed by atoms with van der Waals surface area (Å²) in [6, 6.07) is 9.28. The van der Waals surface area contributed by atoms with E-state index in [-0.39, 0.29) is 17.7 Å². The van der Waals surface area contributed by atoms with Crippen LogP contribution >= 0.6 is 11.6 Å². The molecule has 0 spiro atoms. The van der Waals surface area contributed by atoms with E-state index in [1.54, 1.807) is 6.20 Å². The second-order valence-electron chi connectivity index (χ2n) is 5.07. The molecule has 0 saturated heterocycles. The number of hydrogen-bond donors (Lipinski definition) is 2. The minimum Gasteiger partial charge on any atom is -0.350 e. The Hall–Kier alpha value is -1.81. The zero-order valence-electron chi connectivity index (χ0n) is 11.6. The molecule has 0 fully saturated rings. The number of nitrogens with zero attached hydrogens (tertiary/aromatic N) is 1. The fourth-order valence-corrected chi connectivity index (χ4v) is 2.31. The predicted molar refractivity (Wildman–Crippen MR) is 79.5 cm³/mol. The highest BCUT2D eigenvalue weighted by atomic mass is 35.5. The van der Waals surface area contributed by atoms with E-state index in [1.807, 2.05) is 44.2 Å². The van der Waals surface area contributed by atoms with Gasteiger partial charge in [-0.3, -0.25) is 9.89 Å². The summed E-state index contributed by atoms with van der Waals surface area (Å²) in [5.41, 5.74) is 1.86. The third kappa shape index (κ3) is 3.61. The molecular formula is C15H18ClN3O. The number of nitrogens with one attached hydrogen (secondary N) is 2. The van der Waals surface area contributed by atoms with Crippen LogP contribution in [0.15, 0.2) is 36.5 Å². The molecule has 2 aromatic rings. The maximum absolute atomic E-state index is 12.4. The molecule has 0 saturated carbocycles. The molecule has 0 aliphatic carbocycles. The molecule has 1 amide bonds. The standard InChI is InChI=1S/C15H18ClN3O/c1-10(2)14(11-3-5-12(16)6-4-11)15(20)17-9-13-7-8-18-19-13/h3-8,10,14H,9H2,1-2H3,(H,17,20)(H,18,19). The minimum atomic E-state index is -0.185. The SMILES string of the molecule is CC(C)C(C(=O)NCc1ccn[nH]1)c1ccc(Cl)cc1. The normalized spacial score (nSPS) is 12.4. The van der Waals surface area contributed by atoms with Crippen LogP contribution in [-0.2, 0) is 11.3 Å².